The number of thiophene rings is 1. The quantitative estimate of drug-likeness (QED) is 0.584. The van der Waals surface area contributed by atoms with Crippen molar-refractivity contribution in [3.05, 3.63) is 46.0 Å². The maximum atomic E-state index is 12.1. The average Bonchev–Trinajstić information content (AvgIpc) is 3.39. The number of carbonyl (C=O) groups excluding carboxylic acids is 2. The molecule has 0 aliphatic carbocycles. The van der Waals surface area contributed by atoms with Crippen LogP contribution in [0.5, 0.6) is 11.5 Å². The van der Waals surface area contributed by atoms with Gasteiger partial charge in [0.25, 0.3) is 5.91 Å². The van der Waals surface area contributed by atoms with Gasteiger partial charge in [-0.2, -0.15) is 0 Å². The van der Waals surface area contributed by atoms with Gasteiger partial charge in [-0.15, -0.1) is 22.7 Å². The number of benzene rings is 1. The molecule has 3 aromatic rings. The SMILES string of the molecule is COc1ccc(-c2csc(NC(=O)CCNC(=O)c3cccs3)n2)cc1OC. The maximum absolute atomic E-state index is 12.1. The number of thiazole rings is 1. The Labute approximate surface area is 170 Å². The van der Waals surface area contributed by atoms with Gasteiger partial charge in [-0.1, -0.05) is 6.07 Å². The predicted molar refractivity (Wildman–Crippen MR) is 111 cm³/mol. The summed E-state index contributed by atoms with van der Waals surface area (Å²) in [7, 11) is 3.16. The first-order chi connectivity index (χ1) is 13.6. The normalized spacial score (nSPS) is 10.4. The van der Waals surface area contributed by atoms with Crippen LogP contribution in [-0.2, 0) is 4.79 Å². The standard InChI is InChI=1S/C19H19N3O4S2/c1-25-14-6-5-12(10-15(14)26-2)13-11-28-19(21-13)22-17(23)7-8-20-18(24)16-4-3-9-27-16/h3-6,9-11H,7-8H2,1-2H3,(H,20,24)(H,21,22,23). The Balaban J connectivity index is 1.54. The van der Waals surface area contributed by atoms with Crippen LogP contribution in [0.15, 0.2) is 41.1 Å². The first-order valence-corrected chi connectivity index (χ1v) is 10.2. The maximum Gasteiger partial charge on any atom is 0.261 e. The van der Waals surface area contributed by atoms with Gasteiger partial charge in [0.2, 0.25) is 5.91 Å². The molecule has 0 fully saturated rings. The Hall–Kier alpha value is -2.91. The summed E-state index contributed by atoms with van der Waals surface area (Å²) in [6, 6.07) is 9.07. The zero-order chi connectivity index (χ0) is 19.9. The van der Waals surface area contributed by atoms with Crippen molar-refractivity contribution in [3.8, 4) is 22.8 Å². The number of methoxy groups -OCH3 is 2. The van der Waals surface area contributed by atoms with E-state index in [-0.39, 0.29) is 24.8 Å². The molecule has 0 saturated heterocycles. The fourth-order valence-electron chi connectivity index (χ4n) is 2.43. The molecule has 28 heavy (non-hydrogen) atoms. The van der Waals surface area contributed by atoms with E-state index in [1.807, 2.05) is 35.0 Å². The zero-order valence-corrected chi connectivity index (χ0v) is 17.0. The van der Waals surface area contributed by atoms with Crippen LogP contribution in [0.2, 0.25) is 0 Å². The molecule has 0 atom stereocenters. The van der Waals surface area contributed by atoms with Crippen molar-refractivity contribution in [2.24, 2.45) is 0 Å². The van der Waals surface area contributed by atoms with Crippen molar-refractivity contribution >= 4 is 39.6 Å². The molecule has 7 nitrogen and oxygen atoms in total. The van der Waals surface area contributed by atoms with Crippen molar-refractivity contribution in [1.82, 2.24) is 10.3 Å². The van der Waals surface area contributed by atoms with Crippen LogP contribution in [0.1, 0.15) is 16.1 Å². The smallest absolute Gasteiger partial charge is 0.261 e. The monoisotopic (exact) mass is 417 g/mol. The summed E-state index contributed by atoms with van der Waals surface area (Å²) < 4.78 is 10.5. The molecule has 0 radical (unpaired) electrons. The van der Waals surface area contributed by atoms with Crippen LogP contribution in [-0.4, -0.2) is 37.6 Å². The number of nitrogens with one attached hydrogen (secondary N) is 2. The van der Waals surface area contributed by atoms with E-state index in [1.165, 1.54) is 22.7 Å². The van der Waals surface area contributed by atoms with Gasteiger partial charge >= 0.3 is 0 Å². The van der Waals surface area contributed by atoms with Gasteiger partial charge in [-0.05, 0) is 29.6 Å². The Kier molecular flexibility index (Phi) is 6.62. The molecule has 2 N–H and O–H groups in total. The van der Waals surface area contributed by atoms with Crippen molar-refractivity contribution in [2.45, 2.75) is 6.42 Å². The van der Waals surface area contributed by atoms with Crippen molar-refractivity contribution in [2.75, 3.05) is 26.1 Å². The lowest BCUT2D eigenvalue weighted by Gasteiger charge is -2.08. The van der Waals surface area contributed by atoms with Crippen LogP contribution < -0.4 is 20.1 Å². The number of amides is 2. The largest absolute Gasteiger partial charge is 0.493 e. The summed E-state index contributed by atoms with van der Waals surface area (Å²) >= 11 is 2.69. The summed E-state index contributed by atoms with van der Waals surface area (Å²) in [5.74, 6) is 0.868. The van der Waals surface area contributed by atoms with Crippen LogP contribution >= 0.6 is 22.7 Å². The molecule has 2 heterocycles. The molecule has 9 heteroatoms. The van der Waals surface area contributed by atoms with Gasteiger partial charge in [0.05, 0.1) is 24.8 Å². The topological polar surface area (TPSA) is 89.6 Å². The minimum atomic E-state index is -0.209. The highest BCUT2D eigenvalue weighted by atomic mass is 32.1. The Morgan fingerprint density at radius 3 is 2.64 bits per heavy atom. The average molecular weight is 418 g/mol. The molecule has 2 amide bonds. The fraction of sp³-hybridized carbons (Fsp3) is 0.211. The van der Waals surface area contributed by atoms with Gasteiger partial charge in [0.15, 0.2) is 16.6 Å². The molecular weight excluding hydrogens is 398 g/mol. The van der Waals surface area contributed by atoms with E-state index in [2.05, 4.69) is 15.6 Å². The lowest BCUT2D eigenvalue weighted by molar-refractivity contribution is -0.116. The first-order valence-electron chi connectivity index (χ1n) is 8.40. The second kappa shape index (κ2) is 9.34. The second-order valence-corrected chi connectivity index (χ2v) is 7.44. The van der Waals surface area contributed by atoms with Gasteiger partial charge in [0.1, 0.15) is 0 Å². The van der Waals surface area contributed by atoms with E-state index >= 15 is 0 Å². The molecule has 0 aliphatic rings. The van der Waals surface area contributed by atoms with Crippen molar-refractivity contribution in [1.29, 1.82) is 0 Å². The number of aromatic nitrogens is 1. The summed E-state index contributed by atoms with van der Waals surface area (Å²) in [5, 5.41) is 9.67. The molecule has 0 aliphatic heterocycles. The lowest BCUT2D eigenvalue weighted by Crippen LogP contribution is -2.27. The van der Waals surface area contributed by atoms with Crippen LogP contribution in [0.25, 0.3) is 11.3 Å². The molecule has 1 aromatic carbocycles. The highest BCUT2D eigenvalue weighted by molar-refractivity contribution is 7.14. The Bertz CT molecular complexity index is 954. The summed E-state index contributed by atoms with van der Waals surface area (Å²) in [4.78, 5) is 29.0. The molecular formula is C19H19N3O4S2. The highest BCUT2D eigenvalue weighted by Crippen LogP contribution is 2.33. The fourth-order valence-corrected chi connectivity index (χ4v) is 3.80. The summed E-state index contributed by atoms with van der Waals surface area (Å²) in [5.41, 5.74) is 1.59. The minimum absolute atomic E-state index is 0.169. The predicted octanol–water partition coefficient (Wildman–Crippen LogP) is 3.65. The number of carbonyl (C=O) groups is 2. The minimum Gasteiger partial charge on any atom is -0.493 e. The van der Waals surface area contributed by atoms with Crippen molar-refractivity contribution < 1.29 is 19.1 Å². The third-order valence-corrected chi connectivity index (χ3v) is 5.44. The van der Waals surface area contributed by atoms with E-state index in [1.54, 1.807) is 20.3 Å². The molecule has 0 spiro atoms. The van der Waals surface area contributed by atoms with E-state index in [9.17, 15) is 9.59 Å². The van der Waals surface area contributed by atoms with Crippen molar-refractivity contribution in [3.63, 3.8) is 0 Å². The molecule has 0 unspecified atom stereocenters. The highest BCUT2D eigenvalue weighted by Gasteiger charge is 2.12. The molecule has 3 rings (SSSR count). The van der Waals surface area contributed by atoms with E-state index in [0.29, 0.717) is 21.5 Å². The van der Waals surface area contributed by atoms with Crippen LogP contribution in [0.3, 0.4) is 0 Å². The zero-order valence-electron chi connectivity index (χ0n) is 15.4. The number of nitrogens with zero attached hydrogens (tertiary/aromatic N) is 1. The van der Waals surface area contributed by atoms with E-state index in [0.717, 1.165) is 11.3 Å². The van der Waals surface area contributed by atoms with E-state index < -0.39 is 0 Å². The van der Waals surface area contributed by atoms with Crippen LogP contribution in [0, 0.1) is 0 Å². The van der Waals surface area contributed by atoms with E-state index in [4.69, 9.17) is 9.47 Å². The second-order valence-electron chi connectivity index (χ2n) is 5.64. The molecule has 146 valence electrons. The Morgan fingerprint density at radius 2 is 1.93 bits per heavy atom. The van der Waals surface area contributed by atoms with Crippen LogP contribution in [0.4, 0.5) is 5.13 Å². The molecule has 2 aromatic heterocycles. The summed E-state index contributed by atoms with van der Waals surface area (Å²) in [6.07, 6.45) is 0.169. The Morgan fingerprint density at radius 1 is 1.11 bits per heavy atom. The number of hydrogen-bond donors (Lipinski definition) is 2. The molecule has 0 saturated carbocycles. The third-order valence-electron chi connectivity index (χ3n) is 3.81. The number of hydrogen-bond acceptors (Lipinski definition) is 7. The van der Waals surface area contributed by atoms with Gasteiger partial charge in [-0.25, -0.2) is 4.98 Å². The number of ether oxygens (including phenoxy) is 2. The first kappa shape index (κ1) is 19.8. The summed E-state index contributed by atoms with van der Waals surface area (Å²) in [6.45, 7) is 0.260. The van der Waals surface area contributed by atoms with Gasteiger partial charge < -0.3 is 20.1 Å². The van der Waals surface area contributed by atoms with Gasteiger partial charge in [0, 0.05) is 23.9 Å². The number of rotatable bonds is 8. The lowest BCUT2D eigenvalue weighted by atomic mass is 10.1. The van der Waals surface area contributed by atoms with Gasteiger partial charge in [-0.3, -0.25) is 9.59 Å². The third kappa shape index (κ3) is 4.87. The number of anilines is 1. The molecule has 0 bridgehead atoms.